The summed E-state index contributed by atoms with van der Waals surface area (Å²) in [6.07, 6.45) is 0. The summed E-state index contributed by atoms with van der Waals surface area (Å²) in [5.41, 5.74) is 1.31. The van der Waals surface area contributed by atoms with Gasteiger partial charge in [0.2, 0.25) is 11.1 Å². The van der Waals surface area contributed by atoms with E-state index in [4.69, 9.17) is 9.47 Å². The normalized spacial score (nSPS) is 11.7. The van der Waals surface area contributed by atoms with Crippen molar-refractivity contribution in [2.45, 2.75) is 17.3 Å². The molecule has 0 unspecified atom stereocenters. The second-order valence-corrected chi connectivity index (χ2v) is 6.80. The molecule has 1 aromatic heterocycles. The van der Waals surface area contributed by atoms with Crippen LogP contribution in [-0.2, 0) is 4.79 Å². The summed E-state index contributed by atoms with van der Waals surface area (Å²) in [5.74, 6) is 1.05. The van der Waals surface area contributed by atoms with Crippen LogP contribution < -0.4 is 14.8 Å². The van der Waals surface area contributed by atoms with Gasteiger partial charge in [0.25, 0.3) is 0 Å². The topological polar surface area (TPSA) is 91.2 Å². The first kappa shape index (κ1) is 18.7. The van der Waals surface area contributed by atoms with Crippen molar-refractivity contribution < 1.29 is 14.3 Å². The predicted molar refractivity (Wildman–Crippen MR) is 103 cm³/mol. The summed E-state index contributed by atoms with van der Waals surface area (Å²) in [5, 5.41) is 14.7. The number of ether oxygens (including phenoxy) is 2. The van der Waals surface area contributed by atoms with Gasteiger partial charge >= 0.3 is 0 Å². The van der Waals surface area contributed by atoms with Gasteiger partial charge in [-0.25, -0.2) is 0 Å². The van der Waals surface area contributed by atoms with Gasteiger partial charge in [-0.3, -0.25) is 4.79 Å². The van der Waals surface area contributed by atoms with E-state index in [1.54, 1.807) is 38.0 Å². The summed E-state index contributed by atoms with van der Waals surface area (Å²) in [6.45, 7) is 1.79. The number of aromatic nitrogens is 4. The molecule has 0 aliphatic carbocycles. The highest BCUT2D eigenvalue weighted by Gasteiger charge is 2.21. The Morgan fingerprint density at radius 2 is 1.74 bits per heavy atom. The number of hydrogen-bond acceptors (Lipinski definition) is 7. The number of para-hydroxylation sites is 4. The maximum Gasteiger partial charge on any atom is 0.237 e. The number of hydrogen-bond donors (Lipinski definition) is 1. The van der Waals surface area contributed by atoms with E-state index in [1.807, 2.05) is 36.4 Å². The van der Waals surface area contributed by atoms with Crippen LogP contribution in [0, 0.1) is 0 Å². The number of methoxy groups -OCH3 is 2. The fraction of sp³-hybridized carbons (Fsp3) is 0.222. The zero-order valence-electron chi connectivity index (χ0n) is 15.1. The number of amides is 1. The molecule has 0 aliphatic rings. The fourth-order valence-electron chi connectivity index (χ4n) is 2.40. The van der Waals surface area contributed by atoms with Crippen LogP contribution in [0.3, 0.4) is 0 Å². The van der Waals surface area contributed by atoms with E-state index in [9.17, 15) is 4.79 Å². The van der Waals surface area contributed by atoms with Crippen molar-refractivity contribution in [3.8, 4) is 17.2 Å². The van der Waals surface area contributed by atoms with Gasteiger partial charge in [0, 0.05) is 0 Å². The van der Waals surface area contributed by atoms with Crippen molar-refractivity contribution in [1.82, 2.24) is 20.2 Å². The van der Waals surface area contributed by atoms with Crippen molar-refractivity contribution in [2.24, 2.45) is 0 Å². The Labute approximate surface area is 160 Å². The van der Waals surface area contributed by atoms with Gasteiger partial charge in [0.1, 0.15) is 17.2 Å². The molecule has 1 N–H and O–H groups in total. The number of thioether (sulfide) groups is 1. The molecule has 0 radical (unpaired) electrons. The molecule has 3 aromatic rings. The highest BCUT2D eigenvalue weighted by atomic mass is 32.2. The number of carbonyl (C=O) groups is 1. The Morgan fingerprint density at radius 1 is 1.07 bits per heavy atom. The molecule has 2 aromatic carbocycles. The van der Waals surface area contributed by atoms with Crippen LogP contribution in [0.4, 0.5) is 5.69 Å². The zero-order valence-corrected chi connectivity index (χ0v) is 15.9. The molecule has 0 aliphatic heterocycles. The lowest BCUT2D eigenvalue weighted by molar-refractivity contribution is -0.115. The molecule has 27 heavy (non-hydrogen) atoms. The van der Waals surface area contributed by atoms with Gasteiger partial charge < -0.3 is 14.8 Å². The van der Waals surface area contributed by atoms with Crippen LogP contribution in [0.1, 0.15) is 6.92 Å². The molecule has 1 atom stereocenters. The van der Waals surface area contributed by atoms with E-state index in [1.165, 1.54) is 11.8 Å². The summed E-state index contributed by atoms with van der Waals surface area (Å²) >= 11 is 1.25. The lowest BCUT2D eigenvalue weighted by Crippen LogP contribution is -2.23. The van der Waals surface area contributed by atoms with Crippen LogP contribution in [0.2, 0.25) is 0 Å². The van der Waals surface area contributed by atoms with Crippen LogP contribution in [0.15, 0.2) is 53.7 Å². The lowest BCUT2D eigenvalue weighted by atomic mass is 10.3. The lowest BCUT2D eigenvalue weighted by Gasteiger charge is -2.14. The number of nitrogens with one attached hydrogen (secondary N) is 1. The average Bonchev–Trinajstić information content (AvgIpc) is 3.16. The predicted octanol–water partition coefficient (Wildman–Crippen LogP) is 2.80. The molecule has 3 rings (SSSR count). The third-order valence-corrected chi connectivity index (χ3v) is 4.80. The van der Waals surface area contributed by atoms with E-state index in [2.05, 4.69) is 20.8 Å². The van der Waals surface area contributed by atoms with Crippen LogP contribution >= 0.6 is 11.8 Å². The van der Waals surface area contributed by atoms with Gasteiger partial charge in [-0.05, 0) is 41.6 Å². The van der Waals surface area contributed by atoms with E-state index < -0.39 is 5.25 Å². The zero-order chi connectivity index (χ0) is 19.2. The summed E-state index contributed by atoms with van der Waals surface area (Å²) < 4.78 is 12.2. The molecule has 0 spiro atoms. The highest BCUT2D eigenvalue weighted by Crippen LogP contribution is 2.29. The Kier molecular flexibility index (Phi) is 5.92. The number of carbonyl (C=O) groups excluding carboxylic acids is 1. The Bertz CT molecular complexity index is 931. The van der Waals surface area contributed by atoms with Crippen molar-refractivity contribution in [3.05, 3.63) is 48.5 Å². The second kappa shape index (κ2) is 8.54. The number of nitrogens with zero attached hydrogens (tertiary/aromatic N) is 4. The maximum atomic E-state index is 12.6. The minimum Gasteiger partial charge on any atom is -0.495 e. The van der Waals surface area contributed by atoms with Crippen LogP contribution in [0.5, 0.6) is 11.5 Å². The van der Waals surface area contributed by atoms with Crippen molar-refractivity contribution in [3.63, 3.8) is 0 Å². The first-order chi connectivity index (χ1) is 13.1. The molecule has 9 heteroatoms. The van der Waals surface area contributed by atoms with Gasteiger partial charge in [-0.15, -0.1) is 5.10 Å². The average molecular weight is 385 g/mol. The molecule has 140 valence electrons. The minimum atomic E-state index is -0.436. The molecule has 8 nitrogen and oxygen atoms in total. The molecule has 1 heterocycles. The minimum absolute atomic E-state index is 0.181. The van der Waals surface area contributed by atoms with E-state index in [-0.39, 0.29) is 5.91 Å². The number of rotatable bonds is 7. The third-order valence-electron chi connectivity index (χ3n) is 3.77. The molecule has 0 fully saturated rings. The number of benzene rings is 2. The monoisotopic (exact) mass is 385 g/mol. The van der Waals surface area contributed by atoms with Crippen LogP contribution in [-0.4, -0.2) is 45.6 Å². The molecular formula is C18H19N5O3S. The van der Waals surface area contributed by atoms with Gasteiger partial charge in [-0.1, -0.05) is 36.0 Å². The van der Waals surface area contributed by atoms with Crippen LogP contribution in [0.25, 0.3) is 5.69 Å². The Morgan fingerprint density at radius 3 is 2.48 bits per heavy atom. The van der Waals surface area contributed by atoms with Crippen molar-refractivity contribution >= 4 is 23.4 Å². The number of anilines is 1. The smallest absolute Gasteiger partial charge is 0.237 e. The molecule has 1 amide bonds. The largest absolute Gasteiger partial charge is 0.495 e. The highest BCUT2D eigenvalue weighted by molar-refractivity contribution is 8.00. The first-order valence-electron chi connectivity index (χ1n) is 8.16. The summed E-state index contributed by atoms with van der Waals surface area (Å²) in [7, 11) is 3.14. The maximum absolute atomic E-state index is 12.6. The molecular weight excluding hydrogens is 366 g/mol. The molecule has 0 bridgehead atoms. The summed E-state index contributed by atoms with van der Waals surface area (Å²) in [6, 6.07) is 14.6. The quantitative estimate of drug-likeness (QED) is 0.625. The van der Waals surface area contributed by atoms with Crippen molar-refractivity contribution in [1.29, 1.82) is 0 Å². The van der Waals surface area contributed by atoms with Gasteiger partial charge in [-0.2, -0.15) is 4.68 Å². The molecule has 0 saturated heterocycles. The summed E-state index contributed by atoms with van der Waals surface area (Å²) in [4.78, 5) is 12.6. The Balaban J connectivity index is 1.76. The molecule has 0 saturated carbocycles. The Hall–Kier alpha value is -3.07. The van der Waals surface area contributed by atoms with Gasteiger partial charge in [0.15, 0.2) is 0 Å². The van der Waals surface area contributed by atoms with E-state index >= 15 is 0 Å². The van der Waals surface area contributed by atoms with E-state index in [0.29, 0.717) is 28.0 Å². The second-order valence-electron chi connectivity index (χ2n) is 5.49. The first-order valence-corrected chi connectivity index (χ1v) is 9.04. The van der Waals surface area contributed by atoms with E-state index in [0.717, 1.165) is 0 Å². The SMILES string of the molecule is COc1ccccc1NC(=O)[C@@H](C)Sc1nnnn1-c1ccccc1OC. The fourth-order valence-corrected chi connectivity index (χ4v) is 3.20. The number of tetrazole rings is 1. The third kappa shape index (κ3) is 4.20. The standard InChI is InChI=1S/C18H19N5O3S/c1-12(17(24)19-13-8-4-6-10-15(13)25-2)27-18-20-21-22-23(18)14-9-5-7-11-16(14)26-3/h4-12H,1-3H3,(H,19,24)/t12-/m1/s1. The van der Waals surface area contributed by atoms with Crippen molar-refractivity contribution in [2.75, 3.05) is 19.5 Å². The van der Waals surface area contributed by atoms with Gasteiger partial charge in [0.05, 0.1) is 25.2 Å².